The first kappa shape index (κ1) is 15.0. The van der Waals surface area contributed by atoms with Crippen molar-refractivity contribution in [2.45, 2.75) is 39.7 Å². The summed E-state index contributed by atoms with van der Waals surface area (Å²) in [5.41, 5.74) is 1.41. The van der Waals surface area contributed by atoms with Crippen LogP contribution in [-0.4, -0.2) is 18.7 Å². The van der Waals surface area contributed by atoms with Crippen LogP contribution in [0.25, 0.3) is 0 Å². The Morgan fingerprint density at radius 2 is 2.16 bits per heavy atom. The van der Waals surface area contributed by atoms with Crippen LogP contribution in [0.3, 0.4) is 0 Å². The molecular weight excluding hydrogens is 242 g/mol. The number of carbonyl (C=O) groups excluding carboxylic acids is 1. The predicted molar refractivity (Wildman–Crippen MR) is 71.9 cm³/mol. The molecule has 0 aliphatic rings. The number of aryl methyl sites for hydroxylation is 1. The fourth-order valence-corrected chi connectivity index (χ4v) is 1.73. The Hall–Kier alpha value is -2.02. The van der Waals surface area contributed by atoms with Gasteiger partial charge in [0.1, 0.15) is 5.75 Å². The number of nitriles is 1. The lowest BCUT2D eigenvalue weighted by Crippen LogP contribution is -2.29. The molecule has 19 heavy (non-hydrogen) atoms. The highest BCUT2D eigenvalue weighted by Gasteiger charge is 2.21. The number of esters is 1. The normalized spacial score (nSPS) is 11.5. The first-order valence-electron chi connectivity index (χ1n) is 6.46. The highest BCUT2D eigenvalue weighted by atomic mass is 16.6. The number of rotatable bonds is 6. The van der Waals surface area contributed by atoms with Crippen molar-refractivity contribution in [1.82, 2.24) is 0 Å². The van der Waals surface area contributed by atoms with E-state index in [0.29, 0.717) is 24.3 Å². The largest absolute Gasteiger partial charge is 0.478 e. The second-order valence-corrected chi connectivity index (χ2v) is 4.24. The summed E-state index contributed by atoms with van der Waals surface area (Å²) in [4.78, 5) is 11.8. The fourth-order valence-electron chi connectivity index (χ4n) is 1.73. The van der Waals surface area contributed by atoms with Crippen molar-refractivity contribution in [3.8, 4) is 11.8 Å². The van der Waals surface area contributed by atoms with Gasteiger partial charge in [0.15, 0.2) is 6.10 Å². The zero-order chi connectivity index (χ0) is 14.3. The Kier molecular flexibility index (Phi) is 5.87. The monoisotopic (exact) mass is 261 g/mol. The van der Waals surface area contributed by atoms with Crippen LogP contribution < -0.4 is 4.74 Å². The number of hydrogen-bond acceptors (Lipinski definition) is 4. The van der Waals surface area contributed by atoms with Crippen molar-refractivity contribution < 1.29 is 14.3 Å². The molecule has 1 unspecified atom stereocenters. The quantitative estimate of drug-likeness (QED) is 0.739. The molecule has 0 saturated carbocycles. The highest BCUT2D eigenvalue weighted by molar-refractivity contribution is 5.75. The number of benzene rings is 1. The predicted octanol–water partition coefficient (Wildman–Crippen LogP) is 2.98. The maximum absolute atomic E-state index is 11.8. The van der Waals surface area contributed by atoms with Crippen molar-refractivity contribution in [2.24, 2.45) is 0 Å². The summed E-state index contributed by atoms with van der Waals surface area (Å²) in [5.74, 6) is 0.276. The van der Waals surface area contributed by atoms with E-state index < -0.39 is 6.10 Å². The van der Waals surface area contributed by atoms with Gasteiger partial charge < -0.3 is 9.47 Å². The van der Waals surface area contributed by atoms with Crippen LogP contribution in [0.2, 0.25) is 0 Å². The van der Waals surface area contributed by atoms with Gasteiger partial charge in [0.25, 0.3) is 0 Å². The Bertz CT molecular complexity index is 477. The van der Waals surface area contributed by atoms with E-state index in [4.69, 9.17) is 14.7 Å². The van der Waals surface area contributed by atoms with E-state index in [0.717, 1.165) is 12.0 Å². The average molecular weight is 261 g/mol. The van der Waals surface area contributed by atoms with Crippen molar-refractivity contribution in [3.05, 3.63) is 29.3 Å². The Labute approximate surface area is 113 Å². The van der Waals surface area contributed by atoms with E-state index in [1.54, 1.807) is 25.1 Å². The van der Waals surface area contributed by atoms with Crippen molar-refractivity contribution in [3.63, 3.8) is 0 Å². The number of ether oxygens (including phenoxy) is 2. The van der Waals surface area contributed by atoms with E-state index >= 15 is 0 Å². The SMILES string of the molecule is CCCC(Oc1ccc(C#N)cc1C)C(=O)OCC. The molecule has 4 nitrogen and oxygen atoms in total. The minimum Gasteiger partial charge on any atom is -0.478 e. The lowest BCUT2D eigenvalue weighted by molar-refractivity contribution is -0.151. The van der Waals surface area contributed by atoms with Gasteiger partial charge in [0, 0.05) is 0 Å². The maximum Gasteiger partial charge on any atom is 0.347 e. The molecule has 0 aliphatic heterocycles. The molecule has 0 saturated heterocycles. The highest BCUT2D eigenvalue weighted by Crippen LogP contribution is 2.21. The average Bonchev–Trinajstić information content (AvgIpc) is 2.40. The summed E-state index contributed by atoms with van der Waals surface area (Å²) in [6.45, 7) is 5.95. The molecule has 1 aromatic rings. The molecule has 0 fully saturated rings. The molecule has 0 aromatic heterocycles. The molecule has 1 atom stereocenters. The van der Waals surface area contributed by atoms with Crippen LogP contribution in [0.4, 0.5) is 0 Å². The fraction of sp³-hybridized carbons (Fsp3) is 0.467. The second-order valence-electron chi connectivity index (χ2n) is 4.24. The standard InChI is InChI=1S/C15H19NO3/c1-4-6-14(15(17)18-5-2)19-13-8-7-12(10-16)9-11(13)3/h7-9,14H,4-6H2,1-3H3. The van der Waals surface area contributed by atoms with E-state index in [1.807, 2.05) is 13.8 Å². The molecule has 0 bridgehead atoms. The van der Waals surface area contributed by atoms with E-state index in [1.165, 1.54) is 0 Å². The van der Waals surface area contributed by atoms with Crippen LogP contribution >= 0.6 is 0 Å². The molecule has 0 heterocycles. The summed E-state index contributed by atoms with van der Waals surface area (Å²) in [7, 11) is 0. The van der Waals surface area contributed by atoms with Crippen LogP contribution in [0.1, 0.15) is 37.8 Å². The van der Waals surface area contributed by atoms with Crippen LogP contribution in [0, 0.1) is 18.3 Å². The van der Waals surface area contributed by atoms with Gasteiger partial charge in [-0.3, -0.25) is 0 Å². The zero-order valence-electron chi connectivity index (χ0n) is 11.6. The smallest absolute Gasteiger partial charge is 0.347 e. The molecule has 1 aromatic carbocycles. The molecule has 102 valence electrons. The Morgan fingerprint density at radius 3 is 2.68 bits per heavy atom. The minimum absolute atomic E-state index is 0.340. The van der Waals surface area contributed by atoms with Gasteiger partial charge in [0.2, 0.25) is 0 Å². The van der Waals surface area contributed by atoms with Crippen molar-refractivity contribution in [2.75, 3.05) is 6.61 Å². The summed E-state index contributed by atoms with van der Waals surface area (Å²) < 4.78 is 10.7. The lowest BCUT2D eigenvalue weighted by Gasteiger charge is -2.18. The summed E-state index contributed by atoms with van der Waals surface area (Å²) >= 11 is 0. The topological polar surface area (TPSA) is 59.3 Å². The van der Waals surface area contributed by atoms with Crippen LogP contribution in [0.5, 0.6) is 5.75 Å². The minimum atomic E-state index is -0.586. The summed E-state index contributed by atoms with van der Waals surface area (Å²) in [6, 6.07) is 7.20. The molecule has 0 N–H and O–H groups in total. The van der Waals surface area contributed by atoms with E-state index in [9.17, 15) is 4.79 Å². The molecule has 0 aliphatic carbocycles. The van der Waals surface area contributed by atoms with Gasteiger partial charge in [0.05, 0.1) is 18.2 Å². The summed E-state index contributed by atoms with van der Waals surface area (Å²) in [6.07, 6.45) is 0.855. The first-order valence-corrected chi connectivity index (χ1v) is 6.46. The first-order chi connectivity index (χ1) is 9.12. The van der Waals surface area contributed by atoms with Crippen molar-refractivity contribution in [1.29, 1.82) is 5.26 Å². The molecule has 4 heteroatoms. The van der Waals surface area contributed by atoms with Gasteiger partial charge in [-0.1, -0.05) is 13.3 Å². The molecular formula is C15H19NO3. The van der Waals surface area contributed by atoms with Gasteiger partial charge in [-0.15, -0.1) is 0 Å². The maximum atomic E-state index is 11.8. The van der Waals surface area contributed by atoms with Crippen LogP contribution in [0.15, 0.2) is 18.2 Å². The molecule has 0 amide bonds. The van der Waals surface area contributed by atoms with Gasteiger partial charge >= 0.3 is 5.97 Å². The zero-order valence-corrected chi connectivity index (χ0v) is 11.6. The van der Waals surface area contributed by atoms with Gasteiger partial charge in [-0.2, -0.15) is 5.26 Å². The van der Waals surface area contributed by atoms with Crippen molar-refractivity contribution >= 4 is 5.97 Å². The molecule has 0 spiro atoms. The third-order valence-corrected chi connectivity index (χ3v) is 2.67. The van der Waals surface area contributed by atoms with E-state index in [-0.39, 0.29) is 5.97 Å². The lowest BCUT2D eigenvalue weighted by atomic mass is 10.1. The molecule has 1 rings (SSSR count). The van der Waals surface area contributed by atoms with Gasteiger partial charge in [-0.25, -0.2) is 4.79 Å². The number of carbonyl (C=O) groups is 1. The number of hydrogen-bond donors (Lipinski definition) is 0. The summed E-state index contributed by atoms with van der Waals surface area (Å²) in [5, 5.41) is 8.81. The Balaban J connectivity index is 2.84. The third kappa shape index (κ3) is 4.29. The van der Waals surface area contributed by atoms with Gasteiger partial charge in [-0.05, 0) is 44.0 Å². The van der Waals surface area contributed by atoms with E-state index in [2.05, 4.69) is 6.07 Å². The van der Waals surface area contributed by atoms with Crippen LogP contribution in [-0.2, 0) is 9.53 Å². The molecule has 0 radical (unpaired) electrons. The Morgan fingerprint density at radius 1 is 1.42 bits per heavy atom. The third-order valence-electron chi connectivity index (χ3n) is 2.67. The number of nitrogens with zero attached hydrogens (tertiary/aromatic N) is 1. The second kappa shape index (κ2) is 7.42.